The molecule has 6 heteroatoms. The van der Waals surface area contributed by atoms with E-state index in [9.17, 15) is 4.79 Å². The minimum atomic E-state index is -0.571. The van der Waals surface area contributed by atoms with Crippen LogP contribution in [-0.2, 0) is 17.9 Å². The number of halogens is 1. The number of nitrogens with one attached hydrogen (secondary N) is 1. The minimum Gasteiger partial charge on any atom is -0.369 e. The van der Waals surface area contributed by atoms with Gasteiger partial charge in [0, 0.05) is 19.6 Å². The smallest absolute Gasteiger partial charge is 0.224 e. The Labute approximate surface area is 113 Å². The summed E-state index contributed by atoms with van der Waals surface area (Å²) in [5.74, 6) is -0.318. The fourth-order valence-corrected chi connectivity index (χ4v) is 1.82. The Balaban J connectivity index is 2.67. The van der Waals surface area contributed by atoms with Crippen molar-refractivity contribution in [1.29, 1.82) is 0 Å². The third-order valence-electron chi connectivity index (χ3n) is 2.98. The van der Waals surface area contributed by atoms with Gasteiger partial charge in [-0.1, -0.05) is 11.6 Å². The van der Waals surface area contributed by atoms with Gasteiger partial charge in [-0.05, 0) is 27.7 Å². The van der Waals surface area contributed by atoms with Gasteiger partial charge >= 0.3 is 0 Å². The molecule has 0 aliphatic heterocycles. The summed E-state index contributed by atoms with van der Waals surface area (Å²) >= 11 is 6.19. The van der Waals surface area contributed by atoms with Gasteiger partial charge in [0.05, 0.1) is 21.8 Å². The number of carbonyl (C=O) groups excluding carboxylic acids is 1. The molecule has 5 nitrogen and oxygen atoms in total. The highest BCUT2D eigenvalue weighted by Gasteiger charge is 2.24. The van der Waals surface area contributed by atoms with Crippen LogP contribution in [0, 0.1) is 12.3 Å². The molecule has 0 aromatic carbocycles. The summed E-state index contributed by atoms with van der Waals surface area (Å²) in [6.45, 7) is 9.37. The van der Waals surface area contributed by atoms with Crippen molar-refractivity contribution in [2.24, 2.45) is 11.1 Å². The summed E-state index contributed by atoms with van der Waals surface area (Å²) in [4.78, 5) is 11.2. The summed E-state index contributed by atoms with van der Waals surface area (Å²) in [7, 11) is 0. The predicted molar refractivity (Wildman–Crippen MR) is 72.3 cm³/mol. The average molecular weight is 273 g/mol. The molecular formula is C12H21ClN4O. The van der Waals surface area contributed by atoms with Crippen LogP contribution < -0.4 is 11.1 Å². The Morgan fingerprint density at radius 2 is 2.17 bits per heavy atom. The summed E-state index contributed by atoms with van der Waals surface area (Å²) in [6, 6.07) is 0. The second-order valence-corrected chi connectivity index (χ2v) is 5.39. The highest BCUT2D eigenvalue weighted by molar-refractivity contribution is 6.31. The number of nitrogens with two attached hydrogens (primary N) is 1. The maximum atomic E-state index is 11.2. The molecule has 1 amide bonds. The molecule has 0 unspecified atom stereocenters. The zero-order chi connectivity index (χ0) is 13.9. The average Bonchev–Trinajstić information content (AvgIpc) is 2.56. The molecule has 0 aliphatic rings. The van der Waals surface area contributed by atoms with Crippen LogP contribution in [0.1, 0.15) is 32.2 Å². The fourth-order valence-electron chi connectivity index (χ4n) is 1.62. The van der Waals surface area contributed by atoms with Crippen LogP contribution in [0.3, 0.4) is 0 Å². The first-order chi connectivity index (χ1) is 8.29. The van der Waals surface area contributed by atoms with Crippen molar-refractivity contribution in [1.82, 2.24) is 15.1 Å². The lowest BCUT2D eigenvalue weighted by Crippen LogP contribution is -2.40. The van der Waals surface area contributed by atoms with E-state index in [2.05, 4.69) is 10.4 Å². The van der Waals surface area contributed by atoms with Gasteiger partial charge in [-0.3, -0.25) is 9.48 Å². The summed E-state index contributed by atoms with van der Waals surface area (Å²) in [5, 5.41) is 8.22. The van der Waals surface area contributed by atoms with Gasteiger partial charge in [0.1, 0.15) is 0 Å². The number of nitrogens with zero attached hydrogens (tertiary/aromatic N) is 2. The number of primary amides is 1. The van der Waals surface area contributed by atoms with Crippen molar-refractivity contribution >= 4 is 17.5 Å². The SMILES string of the molecule is CCn1nc(C)c(Cl)c1CNCC(C)(C)C(N)=O. The van der Waals surface area contributed by atoms with Gasteiger partial charge in [-0.15, -0.1) is 0 Å². The van der Waals surface area contributed by atoms with Crippen molar-refractivity contribution in [2.45, 2.75) is 40.8 Å². The number of aryl methyl sites for hydroxylation is 2. The van der Waals surface area contributed by atoms with Crippen LogP contribution >= 0.6 is 11.6 Å². The lowest BCUT2D eigenvalue weighted by atomic mass is 9.93. The van der Waals surface area contributed by atoms with E-state index >= 15 is 0 Å². The molecule has 0 fully saturated rings. The van der Waals surface area contributed by atoms with Gasteiger partial charge in [-0.2, -0.15) is 5.10 Å². The monoisotopic (exact) mass is 272 g/mol. The third-order valence-corrected chi connectivity index (χ3v) is 3.47. The van der Waals surface area contributed by atoms with E-state index in [1.807, 2.05) is 32.4 Å². The summed E-state index contributed by atoms with van der Waals surface area (Å²) < 4.78 is 1.86. The molecule has 3 N–H and O–H groups in total. The lowest BCUT2D eigenvalue weighted by Gasteiger charge is -2.21. The highest BCUT2D eigenvalue weighted by Crippen LogP contribution is 2.20. The Bertz CT molecular complexity index is 440. The van der Waals surface area contributed by atoms with E-state index in [1.165, 1.54) is 0 Å². The van der Waals surface area contributed by atoms with Crippen LogP contribution in [0.15, 0.2) is 0 Å². The number of aromatic nitrogens is 2. The summed E-state index contributed by atoms with van der Waals surface area (Å²) in [6.07, 6.45) is 0. The Morgan fingerprint density at radius 3 is 2.67 bits per heavy atom. The molecule has 0 saturated heterocycles. The molecule has 1 aromatic heterocycles. The normalized spacial score (nSPS) is 11.8. The quantitative estimate of drug-likeness (QED) is 0.824. The number of rotatable bonds is 6. The molecule has 1 heterocycles. The lowest BCUT2D eigenvalue weighted by molar-refractivity contribution is -0.125. The summed E-state index contributed by atoms with van der Waals surface area (Å²) in [5.41, 5.74) is 6.51. The maximum Gasteiger partial charge on any atom is 0.224 e. The van der Waals surface area contributed by atoms with E-state index < -0.39 is 5.41 Å². The van der Waals surface area contributed by atoms with Crippen LogP contribution in [0.5, 0.6) is 0 Å². The zero-order valence-electron chi connectivity index (χ0n) is 11.4. The predicted octanol–water partition coefficient (Wildman–Crippen LogP) is 1.47. The molecule has 1 rings (SSSR count). The fraction of sp³-hybridized carbons (Fsp3) is 0.667. The standard InChI is InChI=1S/C12H21ClN4O/c1-5-17-9(10(13)8(2)16-17)6-15-7-12(3,4)11(14)18/h15H,5-7H2,1-4H3,(H2,14,18). The van der Waals surface area contributed by atoms with Crippen LogP contribution in [0.2, 0.25) is 5.02 Å². The molecule has 0 aliphatic carbocycles. The van der Waals surface area contributed by atoms with Crippen LogP contribution in [0.4, 0.5) is 0 Å². The van der Waals surface area contributed by atoms with Crippen LogP contribution in [0.25, 0.3) is 0 Å². The van der Waals surface area contributed by atoms with Crippen molar-refractivity contribution < 1.29 is 4.79 Å². The van der Waals surface area contributed by atoms with E-state index in [0.29, 0.717) is 18.1 Å². The molecule has 102 valence electrons. The van der Waals surface area contributed by atoms with Crippen LogP contribution in [-0.4, -0.2) is 22.2 Å². The zero-order valence-corrected chi connectivity index (χ0v) is 12.1. The number of hydrogen-bond donors (Lipinski definition) is 2. The number of amides is 1. The van der Waals surface area contributed by atoms with Crippen molar-refractivity contribution in [2.75, 3.05) is 6.54 Å². The largest absolute Gasteiger partial charge is 0.369 e. The van der Waals surface area contributed by atoms with Gasteiger partial charge in [-0.25, -0.2) is 0 Å². The molecule has 0 bridgehead atoms. The van der Waals surface area contributed by atoms with Gasteiger partial charge in [0.15, 0.2) is 0 Å². The van der Waals surface area contributed by atoms with E-state index in [4.69, 9.17) is 17.3 Å². The maximum absolute atomic E-state index is 11.2. The first-order valence-electron chi connectivity index (χ1n) is 6.02. The van der Waals surface area contributed by atoms with E-state index in [1.54, 1.807) is 0 Å². The number of hydrogen-bond acceptors (Lipinski definition) is 3. The van der Waals surface area contributed by atoms with Gasteiger partial charge < -0.3 is 11.1 Å². The highest BCUT2D eigenvalue weighted by atomic mass is 35.5. The molecular weight excluding hydrogens is 252 g/mol. The van der Waals surface area contributed by atoms with E-state index in [-0.39, 0.29) is 5.91 Å². The Morgan fingerprint density at radius 1 is 1.56 bits per heavy atom. The van der Waals surface area contributed by atoms with Gasteiger partial charge in [0.25, 0.3) is 0 Å². The van der Waals surface area contributed by atoms with Gasteiger partial charge in [0.2, 0.25) is 5.91 Å². The molecule has 0 saturated carbocycles. The molecule has 0 spiro atoms. The molecule has 18 heavy (non-hydrogen) atoms. The Hall–Kier alpha value is -1.07. The first kappa shape index (κ1) is 15.0. The van der Waals surface area contributed by atoms with Crippen molar-refractivity contribution in [3.63, 3.8) is 0 Å². The second kappa shape index (κ2) is 5.71. The third kappa shape index (κ3) is 3.23. The number of carbonyl (C=O) groups is 1. The minimum absolute atomic E-state index is 0.318. The molecule has 0 radical (unpaired) electrons. The van der Waals surface area contributed by atoms with Crippen molar-refractivity contribution in [3.8, 4) is 0 Å². The Kier molecular flexibility index (Phi) is 4.76. The van der Waals surface area contributed by atoms with E-state index in [0.717, 1.165) is 17.9 Å². The first-order valence-corrected chi connectivity index (χ1v) is 6.39. The topological polar surface area (TPSA) is 72.9 Å². The molecule has 0 atom stereocenters. The second-order valence-electron chi connectivity index (χ2n) is 5.01. The van der Waals surface area contributed by atoms with Crippen molar-refractivity contribution in [3.05, 3.63) is 16.4 Å². The molecule has 1 aromatic rings.